The van der Waals surface area contributed by atoms with Crippen molar-refractivity contribution in [3.8, 4) is 12.1 Å². The van der Waals surface area contributed by atoms with Crippen molar-refractivity contribution < 1.29 is 8.83 Å². The number of furan rings is 2. The van der Waals surface area contributed by atoms with Crippen molar-refractivity contribution in [1.29, 1.82) is 10.5 Å². The molecule has 0 aliphatic heterocycles. The van der Waals surface area contributed by atoms with Crippen molar-refractivity contribution in [2.75, 3.05) is 0 Å². The number of benzene rings is 2. The van der Waals surface area contributed by atoms with E-state index in [9.17, 15) is 0 Å². The van der Waals surface area contributed by atoms with Gasteiger partial charge in [-0.1, -0.05) is 40.2 Å². The van der Waals surface area contributed by atoms with E-state index in [0.717, 1.165) is 38.4 Å². The van der Waals surface area contributed by atoms with E-state index in [-0.39, 0.29) is 0 Å². The topological polar surface area (TPSA) is 73.9 Å². The summed E-state index contributed by atoms with van der Waals surface area (Å²) in [5, 5.41) is 19.9. The first-order valence-corrected chi connectivity index (χ1v) is 8.64. The number of hydrogen-bond acceptors (Lipinski definition) is 4. The smallest absolute Gasteiger partial charge is 0.204 e. The molecule has 0 amide bonds. The lowest BCUT2D eigenvalue weighted by atomic mass is 10.2. The van der Waals surface area contributed by atoms with E-state index in [1.54, 1.807) is 12.1 Å². The first kappa shape index (κ1) is 16.8. The first-order chi connectivity index (χ1) is 12.1. The van der Waals surface area contributed by atoms with Crippen LogP contribution in [0.25, 0.3) is 21.9 Å². The van der Waals surface area contributed by atoms with Crippen LogP contribution in [0.4, 0.5) is 0 Å². The molecule has 0 unspecified atom stereocenters. The van der Waals surface area contributed by atoms with Gasteiger partial charge < -0.3 is 8.83 Å². The highest BCUT2D eigenvalue weighted by Gasteiger charge is 2.03. The second-order valence-corrected chi connectivity index (χ2v) is 6.05. The molecule has 2 heterocycles. The van der Waals surface area contributed by atoms with Crippen molar-refractivity contribution in [3.05, 3.63) is 71.2 Å². The predicted molar refractivity (Wildman–Crippen MR) is 99.2 cm³/mol. The zero-order valence-corrected chi connectivity index (χ0v) is 15.0. The summed E-state index contributed by atoms with van der Waals surface area (Å²) in [6.07, 6.45) is 0. The zero-order valence-electron chi connectivity index (χ0n) is 13.4. The largest absolute Gasteiger partial charge is 0.446 e. The molecule has 0 N–H and O–H groups in total. The van der Waals surface area contributed by atoms with Gasteiger partial charge in [0.1, 0.15) is 23.3 Å². The number of nitriles is 2. The standard InChI is InChI=1S/C10H6BrNO.C10H7NO/c11-5-7-1-2-8-4-9(6-12)13-10(8)3-7;1-7-2-3-8-5-9(6-11)12-10(8)4-7/h1-4H,5H2;2-5H,1H3. The molecule has 0 aliphatic rings. The number of rotatable bonds is 1. The summed E-state index contributed by atoms with van der Waals surface area (Å²) >= 11 is 3.36. The van der Waals surface area contributed by atoms with Gasteiger partial charge in [-0.3, -0.25) is 0 Å². The van der Waals surface area contributed by atoms with Gasteiger partial charge in [-0.05, 0) is 30.2 Å². The van der Waals surface area contributed by atoms with Gasteiger partial charge in [0, 0.05) is 28.2 Å². The molecule has 0 spiro atoms. The molecule has 4 rings (SSSR count). The molecule has 0 radical (unpaired) electrons. The number of aryl methyl sites for hydroxylation is 1. The molecule has 0 saturated carbocycles. The third-order valence-corrected chi connectivity index (χ3v) is 4.28. The number of fused-ring (bicyclic) bond motifs is 2. The Labute approximate surface area is 153 Å². The molecule has 5 heteroatoms. The predicted octanol–water partition coefficient (Wildman–Crippen LogP) is 5.81. The van der Waals surface area contributed by atoms with Crippen LogP contribution < -0.4 is 0 Å². The van der Waals surface area contributed by atoms with Crippen LogP contribution in [-0.4, -0.2) is 0 Å². The molecule has 0 bridgehead atoms. The van der Waals surface area contributed by atoms with E-state index in [4.69, 9.17) is 19.4 Å². The highest BCUT2D eigenvalue weighted by atomic mass is 79.9. The molecule has 0 aliphatic carbocycles. The summed E-state index contributed by atoms with van der Waals surface area (Å²) in [5.74, 6) is 0.734. The van der Waals surface area contributed by atoms with Gasteiger partial charge in [0.2, 0.25) is 11.5 Å². The molecule has 0 saturated heterocycles. The maximum atomic E-state index is 8.61. The quantitative estimate of drug-likeness (QED) is 0.383. The van der Waals surface area contributed by atoms with Gasteiger partial charge >= 0.3 is 0 Å². The van der Waals surface area contributed by atoms with Crippen LogP contribution in [0.2, 0.25) is 0 Å². The molecule has 0 fully saturated rings. The normalized spacial score (nSPS) is 10.1. The zero-order chi connectivity index (χ0) is 17.8. The minimum Gasteiger partial charge on any atom is -0.446 e. The molecule has 4 aromatic rings. The fourth-order valence-electron chi connectivity index (χ4n) is 2.41. The molecule has 122 valence electrons. The summed E-state index contributed by atoms with van der Waals surface area (Å²) in [7, 11) is 0. The van der Waals surface area contributed by atoms with Crippen molar-refractivity contribution >= 4 is 37.9 Å². The van der Waals surface area contributed by atoms with Gasteiger partial charge in [0.05, 0.1) is 0 Å². The minimum atomic E-state index is 0.363. The molecule has 2 aromatic carbocycles. The molecule has 0 atom stereocenters. The van der Waals surface area contributed by atoms with Crippen LogP contribution >= 0.6 is 15.9 Å². The van der Waals surface area contributed by atoms with Gasteiger partial charge in [-0.15, -0.1) is 0 Å². The highest BCUT2D eigenvalue weighted by Crippen LogP contribution is 2.21. The molecule has 4 nitrogen and oxygen atoms in total. The number of hydrogen-bond donors (Lipinski definition) is 0. The monoisotopic (exact) mass is 392 g/mol. The van der Waals surface area contributed by atoms with E-state index in [1.165, 1.54) is 0 Å². The van der Waals surface area contributed by atoms with E-state index in [0.29, 0.717) is 11.5 Å². The maximum absolute atomic E-state index is 8.61. The fraction of sp³-hybridized carbons (Fsp3) is 0.100. The first-order valence-electron chi connectivity index (χ1n) is 7.52. The SMILES string of the molecule is Cc1ccc2cc(C#N)oc2c1.N#Cc1cc2ccc(CBr)cc2o1. The lowest BCUT2D eigenvalue weighted by molar-refractivity contribution is 0.599. The second kappa shape index (κ2) is 7.25. The van der Waals surface area contributed by atoms with Crippen molar-refractivity contribution in [2.24, 2.45) is 0 Å². The summed E-state index contributed by atoms with van der Waals surface area (Å²) in [6.45, 7) is 1.99. The van der Waals surface area contributed by atoms with Crippen LogP contribution in [0.3, 0.4) is 0 Å². The van der Waals surface area contributed by atoms with Gasteiger partial charge in [-0.25, -0.2) is 0 Å². The number of halogens is 1. The Hall–Kier alpha value is -3.02. The third kappa shape index (κ3) is 3.74. The number of alkyl halides is 1. The van der Waals surface area contributed by atoms with Crippen LogP contribution in [0.5, 0.6) is 0 Å². The average Bonchev–Trinajstić information content (AvgIpc) is 3.24. The van der Waals surface area contributed by atoms with E-state index >= 15 is 0 Å². The van der Waals surface area contributed by atoms with E-state index < -0.39 is 0 Å². The molecule has 25 heavy (non-hydrogen) atoms. The Kier molecular flexibility index (Phi) is 4.88. The van der Waals surface area contributed by atoms with Crippen LogP contribution in [0, 0.1) is 29.6 Å². The Morgan fingerprint density at radius 2 is 1.40 bits per heavy atom. The van der Waals surface area contributed by atoms with Gasteiger partial charge in [0.25, 0.3) is 0 Å². The van der Waals surface area contributed by atoms with Gasteiger partial charge in [0.15, 0.2) is 0 Å². The Morgan fingerprint density at radius 1 is 0.840 bits per heavy atom. The Bertz CT molecular complexity index is 1130. The summed E-state index contributed by atoms with van der Waals surface area (Å²) in [4.78, 5) is 0. The van der Waals surface area contributed by atoms with Crippen LogP contribution in [0.15, 0.2) is 57.4 Å². The summed E-state index contributed by atoms with van der Waals surface area (Å²) in [6, 6.07) is 19.2. The molecular weight excluding hydrogens is 380 g/mol. The summed E-state index contributed by atoms with van der Waals surface area (Å²) in [5.41, 5.74) is 3.84. The van der Waals surface area contributed by atoms with E-state index in [2.05, 4.69) is 15.9 Å². The number of nitrogens with zero attached hydrogens (tertiary/aromatic N) is 2. The lowest BCUT2D eigenvalue weighted by Crippen LogP contribution is -1.73. The summed E-state index contributed by atoms with van der Waals surface area (Å²) < 4.78 is 10.5. The fourth-order valence-corrected chi connectivity index (χ4v) is 2.76. The maximum Gasteiger partial charge on any atom is 0.204 e. The Balaban J connectivity index is 0.000000146. The van der Waals surface area contributed by atoms with Crippen molar-refractivity contribution in [2.45, 2.75) is 12.3 Å². The van der Waals surface area contributed by atoms with E-state index in [1.807, 2.05) is 55.5 Å². The second-order valence-electron chi connectivity index (χ2n) is 5.49. The minimum absolute atomic E-state index is 0.363. The highest BCUT2D eigenvalue weighted by molar-refractivity contribution is 9.08. The lowest BCUT2D eigenvalue weighted by Gasteiger charge is -1.92. The van der Waals surface area contributed by atoms with Crippen molar-refractivity contribution in [3.63, 3.8) is 0 Å². The Morgan fingerprint density at radius 3 is 1.96 bits per heavy atom. The van der Waals surface area contributed by atoms with Crippen LogP contribution in [-0.2, 0) is 5.33 Å². The molecular formula is C20H13BrN2O2. The third-order valence-electron chi connectivity index (χ3n) is 3.63. The van der Waals surface area contributed by atoms with Crippen LogP contribution in [0.1, 0.15) is 22.6 Å². The van der Waals surface area contributed by atoms with Crippen molar-refractivity contribution in [1.82, 2.24) is 0 Å². The molecule has 2 aromatic heterocycles. The average molecular weight is 393 g/mol. The van der Waals surface area contributed by atoms with Gasteiger partial charge in [-0.2, -0.15) is 10.5 Å².